The van der Waals surface area contributed by atoms with Gasteiger partial charge in [0, 0.05) is 28.7 Å². The average molecular weight is 326 g/mol. The topological polar surface area (TPSA) is 40.5 Å². The fourth-order valence-corrected chi connectivity index (χ4v) is 2.31. The van der Waals surface area contributed by atoms with E-state index in [1.54, 1.807) is 7.11 Å². The van der Waals surface area contributed by atoms with Gasteiger partial charge in [-0.25, -0.2) is 4.79 Å². The number of ether oxygens (including phenoxy) is 2. The predicted molar refractivity (Wildman–Crippen MR) is 77.2 cm³/mol. The van der Waals surface area contributed by atoms with E-state index >= 15 is 0 Å². The Kier molecular flexibility index (Phi) is 4.61. The van der Waals surface area contributed by atoms with E-state index < -0.39 is 0 Å². The maximum absolute atomic E-state index is 11.9. The summed E-state index contributed by atoms with van der Waals surface area (Å²) in [5, 5.41) is 1.09. The first-order valence-electron chi connectivity index (χ1n) is 6.05. The lowest BCUT2D eigenvalue weighted by molar-refractivity contribution is -0.148. The lowest BCUT2D eigenvalue weighted by Crippen LogP contribution is -2.20. The molecule has 0 spiro atoms. The van der Waals surface area contributed by atoms with Gasteiger partial charge in [-0.3, -0.25) is 0 Å². The minimum atomic E-state index is -0.351. The van der Waals surface area contributed by atoms with E-state index in [0.29, 0.717) is 6.61 Å². The van der Waals surface area contributed by atoms with Crippen molar-refractivity contribution in [2.45, 2.75) is 13.0 Å². The van der Waals surface area contributed by atoms with Gasteiger partial charge >= 0.3 is 5.97 Å². The van der Waals surface area contributed by atoms with E-state index in [-0.39, 0.29) is 18.6 Å². The molecule has 1 aromatic carbocycles. The zero-order chi connectivity index (χ0) is 13.8. The van der Waals surface area contributed by atoms with Gasteiger partial charge in [-0.15, -0.1) is 0 Å². The lowest BCUT2D eigenvalue weighted by Gasteiger charge is -2.14. The van der Waals surface area contributed by atoms with Crippen molar-refractivity contribution in [3.8, 4) is 0 Å². The minimum absolute atomic E-state index is 0.252. The van der Waals surface area contributed by atoms with Gasteiger partial charge in [-0.2, -0.15) is 0 Å². The van der Waals surface area contributed by atoms with Crippen molar-refractivity contribution < 1.29 is 14.3 Å². The Hall–Kier alpha value is -1.33. The second-order valence-electron chi connectivity index (χ2n) is 4.26. The van der Waals surface area contributed by atoms with Gasteiger partial charge in [0.05, 0.1) is 6.61 Å². The van der Waals surface area contributed by atoms with Crippen molar-refractivity contribution in [2.24, 2.45) is 0 Å². The molecule has 2 aromatic rings. The molecule has 4 nitrogen and oxygen atoms in total. The van der Waals surface area contributed by atoms with Crippen LogP contribution < -0.4 is 0 Å². The van der Waals surface area contributed by atoms with Crippen LogP contribution in [-0.2, 0) is 14.3 Å². The van der Waals surface area contributed by atoms with Crippen molar-refractivity contribution in [1.82, 2.24) is 4.57 Å². The standard InChI is InChI=1S/C14H16BrNO3/c1-10(14(17)19-8-7-18-2)16-6-5-11-9-12(15)3-4-13(11)16/h3-6,9-10H,7-8H2,1-2H3. The average Bonchev–Trinajstić information content (AvgIpc) is 2.80. The van der Waals surface area contributed by atoms with Crippen LogP contribution in [0, 0.1) is 0 Å². The number of benzene rings is 1. The minimum Gasteiger partial charge on any atom is -0.462 e. The van der Waals surface area contributed by atoms with Crippen molar-refractivity contribution in [2.75, 3.05) is 20.3 Å². The maximum Gasteiger partial charge on any atom is 0.328 e. The number of carbonyl (C=O) groups excluding carboxylic acids is 1. The van der Waals surface area contributed by atoms with Gasteiger partial charge in [0.1, 0.15) is 12.6 Å². The second kappa shape index (κ2) is 6.21. The number of rotatable bonds is 5. The van der Waals surface area contributed by atoms with E-state index in [0.717, 1.165) is 15.4 Å². The molecule has 0 N–H and O–H groups in total. The number of fused-ring (bicyclic) bond motifs is 1. The molecule has 0 aliphatic heterocycles. The van der Waals surface area contributed by atoms with E-state index in [2.05, 4.69) is 15.9 Å². The summed E-state index contributed by atoms with van der Waals surface area (Å²) in [6.07, 6.45) is 1.90. The summed E-state index contributed by atoms with van der Waals surface area (Å²) in [6.45, 7) is 2.53. The van der Waals surface area contributed by atoms with Gasteiger partial charge in [-0.1, -0.05) is 15.9 Å². The van der Waals surface area contributed by atoms with Crippen LogP contribution >= 0.6 is 15.9 Å². The zero-order valence-corrected chi connectivity index (χ0v) is 12.5. The Morgan fingerprint density at radius 3 is 2.89 bits per heavy atom. The van der Waals surface area contributed by atoms with Crippen LogP contribution in [0.3, 0.4) is 0 Å². The number of carbonyl (C=O) groups is 1. The number of hydrogen-bond acceptors (Lipinski definition) is 3. The molecule has 0 amide bonds. The van der Waals surface area contributed by atoms with Crippen LogP contribution in [-0.4, -0.2) is 30.9 Å². The van der Waals surface area contributed by atoms with E-state index in [4.69, 9.17) is 9.47 Å². The molecule has 5 heteroatoms. The summed E-state index contributed by atoms with van der Waals surface area (Å²) in [5.74, 6) is -0.252. The molecule has 102 valence electrons. The first-order valence-corrected chi connectivity index (χ1v) is 6.84. The highest BCUT2D eigenvalue weighted by Crippen LogP contribution is 2.24. The third-order valence-electron chi connectivity index (χ3n) is 2.97. The third kappa shape index (κ3) is 3.16. The summed E-state index contributed by atoms with van der Waals surface area (Å²) in [4.78, 5) is 11.9. The van der Waals surface area contributed by atoms with Crippen molar-refractivity contribution >= 4 is 32.8 Å². The summed E-state index contributed by atoms with van der Waals surface area (Å²) in [6, 6.07) is 7.60. The van der Waals surface area contributed by atoms with Crippen LogP contribution in [0.15, 0.2) is 34.9 Å². The molecule has 0 saturated carbocycles. The Bertz CT molecular complexity index is 579. The molecule has 2 rings (SSSR count). The number of halogens is 1. The van der Waals surface area contributed by atoms with Crippen LogP contribution in [0.1, 0.15) is 13.0 Å². The van der Waals surface area contributed by atoms with Gasteiger partial charge in [0.2, 0.25) is 0 Å². The summed E-state index contributed by atoms with van der Waals surface area (Å²) >= 11 is 3.43. The lowest BCUT2D eigenvalue weighted by atomic mass is 10.2. The molecule has 1 atom stereocenters. The highest BCUT2D eigenvalue weighted by molar-refractivity contribution is 9.10. The number of hydrogen-bond donors (Lipinski definition) is 0. The molecule has 0 aliphatic rings. The van der Waals surface area contributed by atoms with E-state index in [1.165, 1.54) is 0 Å². The number of esters is 1. The van der Waals surface area contributed by atoms with Crippen molar-refractivity contribution in [3.63, 3.8) is 0 Å². The Labute approximate surface area is 120 Å². The first kappa shape index (κ1) is 14.1. The van der Waals surface area contributed by atoms with Crippen LogP contribution in [0.25, 0.3) is 10.9 Å². The van der Waals surface area contributed by atoms with Gasteiger partial charge in [0.25, 0.3) is 0 Å². The number of nitrogens with zero attached hydrogens (tertiary/aromatic N) is 1. The monoisotopic (exact) mass is 325 g/mol. The molecule has 1 aromatic heterocycles. The van der Waals surface area contributed by atoms with Gasteiger partial charge in [-0.05, 0) is 31.2 Å². The Balaban J connectivity index is 2.17. The summed E-state index contributed by atoms with van der Waals surface area (Å²) < 4.78 is 12.9. The van der Waals surface area contributed by atoms with Crippen LogP contribution in [0.5, 0.6) is 0 Å². The molecule has 0 aliphatic carbocycles. The molecule has 0 fully saturated rings. The smallest absolute Gasteiger partial charge is 0.328 e. The predicted octanol–water partition coefficient (Wildman–Crippen LogP) is 3.15. The molecule has 1 heterocycles. The molecular weight excluding hydrogens is 310 g/mol. The quantitative estimate of drug-likeness (QED) is 0.626. The fraction of sp³-hybridized carbons (Fsp3) is 0.357. The molecule has 19 heavy (non-hydrogen) atoms. The van der Waals surface area contributed by atoms with Crippen molar-refractivity contribution in [1.29, 1.82) is 0 Å². The highest BCUT2D eigenvalue weighted by atomic mass is 79.9. The fourth-order valence-electron chi connectivity index (χ4n) is 1.93. The Morgan fingerprint density at radius 2 is 2.16 bits per heavy atom. The zero-order valence-electron chi connectivity index (χ0n) is 10.9. The molecule has 0 radical (unpaired) electrons. The first-order chi connectivity index (χ1) is 9.13. The third-order valence-corrected chi connectivity index (χ3v) is 3.47. The SMILES string of the molecule is COCCOC(=O)C(C)n1ccc2cc(Br)ccc21. The van der Waals surface area contributed by atoms with Crippen LogP contribution in [0.2, 0.25) is 0 Å². The normalized spacial score (nSPS) is 12.6. The van der Waals surface area contributed by atoms with E-state index in [9.17, 15) is 4.79 Å². The Morgan fingerprint density at radius 1 is 1.37 bits per heavy atom. The van der Waals surface area contributed by atoms with Gasteiger partial charge in [0.15, 0.2) is 0 Å². The summed E-state index contributed by atoms with van der Waals surface area (Å²) in [7, 11) is 1.58. The largest absolute Gasteiger partial charge is 0.462 e. The second-order valence-corrected chi connectivity index (χ2v) is 5.18. The maximum atomic E-state index is 11.9. The van der Waals surface area contributed by atoms with Crippen molar-refractivity contribution in [3.05, 3.63) is 34.9 Å². The van der Waals surface area contributed by atoms with E-state index in [1.807, 2.05) is 42.0 Å². The van der Waals surface area contributed by atoms with Crippen LogP contribution in [0.4, 0.5) is 0 Å². The molecule has 0 saturated heterocycles. The molecule has 1 unspecified atom stereocenters. The molecule has 0 bridgehead atoms. The number of aromatic nitrogens is 1. The summed E-state index contributed by atoms with van der Waals surface area (Å²) in [5.41, 5.74) is 1.01. The molecular formula is C14H16BrNO3. The van der Waals surface area contributed by atoms with Gasteiger partial charge < -0.3 is 14.0 Å². The number of methoxy groups -OCH3 is 1. The highest BCUT2D eigenvalue weighted by Gasteiger charge is 2.17.